The zero-order valence-corrected chi connectivity index (χ0v) is 11.5. The molecular weight excluding hydrogens is 278 g/mol. The van der Waals surface area contributed by atoms with Crippen molar-refractivity contribution in [1.29, 1.82) is 0 Å². The van der Waals surface area contributed by atoms with Crippen molar-refractivity contribution in [3.8, 4) is 0 Å². The average molecular weight is 296 g/mol. The number of ether oxygens (including phenoxy) is 1. The molecule has 1 aliphatic rings. The summed E-state index contributed by atoms with van der Waals surface area (Å²) in [6.45, 7) is 3.66. The van der Waals surface area contributed by atoms with Crippen LogP contribution in [0.5, 0.6) is 0 Å². The molecule has 0 spiro atoms. The number of allylic oxidation sites excluding steroid dienone is 1. The van der Waals surface area contributed by atoms with Crippen LogP contribution in [0.25, 0.3) is 6.08 Å². The van der Waals surface area contributed by atoms with E-state index < -0.39 is 0 Å². The molecule has 1 aromatic carbocycles. The highest BCUT2D eigenvalue weighted by Crippen LogP contribution is 2.18. The van der Waals surface area contributed by atoms with Crippen LogP contribution in [0, 0.1) is 0 Å². The first kappa shape index (κ1) is 12.7. The molecule has 1 aliphatic heterocycles. The molecule has 0 bridgehead atoms. The second kappa shape index (κ2) is 6.82. The van der Waals surface area contributed by atoms with E-state index in [1.165, 1.54) is 11.3 Å². The fourth-order valence-electron chi connectivity index (χ4n) is 1.93. The molecule has 0 saturated carbocycles. The summed E-state index contributed by atoms with van der Waals surface area (Å²) in [5.74, 6) is 0. The van der Waals surface area contributed by atoms with Gasteiger partial charge in [-0.2, -0.15) is 0 Å². The molecule has 1 saturated heterocycles. The first-order valence-electron chi connectivity index (χ1n) is 6.05. The van der Waals surface area contributed by atoms with Gasteiger partial charge in [-0.3, -0.25) is 0 Å². The minimum atomic E-state index is 0.837. The van der Waals surface area contributed by atoms with Gasteiger partial charge in [-0.05, 0) is 24.1 Å². The van der Waals surface area contributed by atoms with Crippen molar-refractivity contribution < 1.29 is 4.74 Å². The van der Waals surface area contributed by atoms with E-state index in [-0.39, 0.29) is 0 Å². The van der Waals surface area contributed by atoms with Crippen LogP contribution in [-0.2, 0) is 4.74 Å². The Morgan fingerprint density at radius 1 is 1.29 bits per heavy atom. The van der Waals surface area contributed by atoms with E-state index >= 15 is 0 Å². The summed E-state index contributed by atoms with van der Waals surface area (Å²) in [6.07, 6.45) is 5.46. The zero-order valence-electron chi connectivity index (χ0n) is 9.94. The van der Waals surface area contributed by atoms with Crippen LogP contribution in [0.4, 0.5) is 5.69 Å². The Balaban J connectivity index is 2.05. The number of anilines is 1. The second-order valence-corrected chi connectivity index (χ2v) is 4.87. The largest absolute Gasteiger partial charge is 0.378 e. The maximum Gasteiger partial charge on any atom is 0.0642 e. The Morgan fingerprint density at radius 3 is 2.88 bits per heavy atom. The molecule has 2 nitrogen and oxygen atoms in total. The Hall–Kier alpha value is -0.800. The maximum absolute atomic E-state index is 5.37. The van der Waals surface area contributed by atoms with Crippen LogP contribution in [0.3, 0.4) is 0 Å². The van der Waals surface area contributed by atoms with Crippen LogP contribution in [-0.4, -0.2) is 31.6 Å². The van der Waals surface area contributed by atoms with Gasteiger partial charge < -0.3 is 9.64 Å². The second-order valence-electron chi connectivity index (χ2n) is 4.07. The molecule has 0 unspecified atom stereocenters. The number of nitrogens with zero attached hydrogens (tertiary/aromatic N) is 1. The molecule has 2 rings (SSSR count). The maximum atomic E-state index is 5.37. The van der Waals surface area contributed by atoms with Crippen molar-refractivity contribution in [3.05, 3.63) is 35.9 Å². The van der Waals surface area contributed by atoms with Crippen LogP contribution < -0.4 is 4.90 Å². The van der Waals surface area contributed by atoms with E-state index in [0.717, 1.165) is 38.1 Å². The van der Waals surface area contributed by atoms with E-state index in [9.17, 15) is 0 Å². The van der Waals surface area contributed by atoms with Crippen molar-refractivity contribution >= 4 is 27.7 Å². The van der Waals surface area contributed by atoms with Gasteiger partial charge in [0.2, 0.25) is 0 Å². The Bertz CT molecular complexity index is 372. The number of hydrogen-bond acceptors (Lipinski definition) is 2. The molecule has 0 aromatic heterocycles. The highest BCUT2D eigenvalue weighted by molar-refractivity contribution is 9.09. The Kier molecular flexibility index (Phi) is 5.08. The van der Waals surface area contributed by atoms with Crippen LogP contribution in [0.1, 0.15) is 12.0 Å². The van der Waals surface area contributed by atoms with E-state index in [4.69, 9.17) is 4.74 Å². The molecular formula is C14H18BrNO. The van der Waals surface area contributed by atoms with Gasteiger partial charge in [0.25, 0.3) is 0 Å². The number of halogens is 1. The summed E-state index contributed by atoms with van der Waals surface area (Å²) in [5.41, 5.74) is 2.57. The normalized spacial score (nSPS) is 16.6. The Morgan fingerprint density at radius 2 is 2.12 bits per heavy atom. The van der Waals surface area contributed by atoms with Gasteiger partial charge in [0, 0.05) is 24.1 Å². The fourth-order valence-corrected chi connectivity index (χ4v) is 2.19. The lowest BCUT2D eigenvalue weighted by Gasteiger charge is -2.29. The molecule has 0 radical (unpaired) electrons. The molecule has 0 N–H and O–H groups in total. The third-order valence-corrected chi connectivity index (χ3v) is 3.29. The molecule has 17 heavy (non-hydrogen) atoms. The molecule has 1 aromatic rings. The molecule has 1 fully saturated rings. The lowest BCUT2D eigenvalue weighted by Crippen LogP contribution is -2.36. The number of alkyl halides is 1. The highest BCUT2D eigenvalue weighted by atomic mass is 79.9. The van der Waals surface area contributed by atoms with Gasteiger partial charge in [0.05, 0.1) is 13.2 Å². The highest BCUT2D eigenvalue weighted by Gasteiger charge is 2.10. The van der Waals surface area contributed by atoms with Crippen LogP contribution >= 0.6 is 15.9 Å². The minimum absolute atomic E-state index is 0.837. The summed E-state index contributed by atoms with van der Waals surface area (Å²) >= 11 is 3.43. The van der Waals surface area contributed by atoms with Gasteiger partial charge in [0.15, 0.2) is 0 Å². The van der Waals surface area contributed by atoms with E-state index in [2.05, 4.69) is 57.2 Å². The van der Waals surface area contributed by atoms with Crippen molar-refractivity contribution in [2.24, 2.45) is 0 Å². The van der Waals surface area contributed by atoms with Crippen LogP contribution in [0.2, 0.25) is 0 Å². The monoisotopic (exact) mass is 295 g/mol. The average Bonchev–Trinajstić information content (AvgIpc) is 2.41. The smallest absolute Gasteiger partial charge is 0.0642 e. The van der Waals surface area contributed by atoms with Crippen molar-refractivity contribution in [3.63, 3.8) is 0 Å². The SMILES string of the molecule is BrCCC=Cc1cccc(N2CCOCC2)c1. The minimum Gasteiger partial charge on any atom is -0.378 e. The van der Waals surface area contributed by atoms with Gasteiger partial charge in [-0.1, -0.05) is 40.2 Å². The summed E-state index contributed by atoms with van der Waals surface area (Å²) in [6, 6.07) is 8.69. The molecule has 1 heterocycles. The molecule has 0 atom stereocenters. The lowest BCUT2D eigenvalue weighted by molar-refractivity contribution is 0.122. The fraction of sp³-hybridized carbons (Fsp3) is 0.429. The predicted octanol–water partition coefficient (Wildman–Crippen LogP) is 3.32. The molecule has 0 amide bonds. The van der Waals surface area contributed by atoms with Crippen molar-refractivity contribution in [2.75, 3.05) is 36.5 Å². The van der Waals surface area contributed by atoms with Crippen molar-refractivity contribution in [2.45, 2.75) is 6.42 Å². The molecule has 92 valence electrons. The van der Waals surface area contributed by atoms with Gasteiger partial charge in [-0.15, -0.1) is 0 Å². The Labute approximate surface area is 111 Å². The summed E-state index contributed by atoms with van der Waals surface area (Å²) in [4.78, 5) is 2.38. The van der Waals surface area contributed by atoms with E-state index in [1.54, 1.807) is 0 Å². The number of morpholine rings is 1. The number of benzene rings is 1. The number of hydrogen-bond donors (Lipinski definition) is 0. The predicted molar refractivity (Wildman–Crippen MR) is 76.9 cm³/mol. The zero-order chi connectivity index (χ0) is 11.9. The topological polar surface area (TPSA) is 12.5 Å². The first-order valence-corrected chi connectivity index (χ1v) is 7.17. The van der Waals surface area contributed by atoms with Gasteiger partial charge in [-0.25, -0.2) is 0 Å². The summed E-state index contributed by atoms with van der Waals surface area (Å²) in [5, 5.41) is 1.02. The van der Waals surface area contributed by atoms with Gasteiger partial charge in [0.1, 0.15) is 0 Å². The summed E-state index contributed by atoms with van der Waals surface area (Å²) < 4.78 is 5.37. The number of rotatable bonds is 4. The van der Waals surface area contributed by atoms with E-state index in [1.807, 2.05) is 0 Å². The third-order valence-electron chi connectivity index (χ3n) is 2.83. The van der Waals surface area contributed by atoms with E-state index in [0.29, 0.717) is 0 Å². The molecule has 3 heteroatoms. The third kappa shape index (κ3) is 3.86. The van der Waals surface area contributed by atoms with Crippen molar-refractivity contribution in [1.82, 2.24) is 0 Å². The summed E-state index contributed by atoms with van der Waals surface area (Å²) in [7, 11) is 0. The van der Waals surface area contributed by atoms with Crippen LogP contribution in [0.15, 0.2) is 30.3 Å². The quantitative estimate of drug-likeness (QED) is 0.790. The standard InChI is InChI=1S/C14H18BrNO/c15-7-2-1-4-13-5-3-6-14(12-13)16-8-10-17-11-9-16/h1,3-6,12H,2,7-11H2. The lowest BCUT2D eigenvalue weighted by atomic mass is 10.1. The van der Waals surface area contributed by atoms with Gasteiger partial charge >= 0.3 is 0 Å². The molecule has 0 aliphatic carbocycles. The first-order chi connectivity index (χ1) is 8.40.